The van der Waals surface area contributed by atoms with Crippen LogP contribution in [0, 0.1) is 0 Å². The molecule has 4 heterocycles. The molecule has 0 spiro atoms. The van der Waals surface area contributed by atoms with E-state index in [1.54, 1.807) is 0 Å². The van der Waals surface area contributed by atoms with Crippen molar-refractivity contribution in [3.05, 3.63) is 200 Å². The average Bonchev–Trinajstić information content (AvgIpc) is 3.31. The Morgan fingerprint density at radius 2 is 0.803 bits per heavy atom. The third-order valence-corrected chi connectivity index (χ3v) is 14.7. The Morgan fingerprint density at radius 1 is 0.328 bits per heavy atom. The van der Waals surface area contributed by atoms with E-state index in [0.717, 1.165) is 45.6 Å². The van der Waals surface area contributed by atoms with Crippen molar-refractivity contribution in [1.29, 1.82) is 0 Å². The molecule has 0 aliphatic carbocycles. The molecule has 0 saturated carbocycles. The lowest BCUT2D eigenvalue weighted by Gasteiger charge is -2.37. The molecule has 0 aromatic heterocycles. The van der Waals surface area contributed by atoms with Gasteiger partial charge in [-0.1, -0.05) is 168 Å². The molecule has 0 bridgehead atoms. The molecular formula is C54H33B2NO2S2. The van der Waals surface area contributed by atoms with Gasteiger partial charge in [-0.15, -0.1) is 0 Å². The summed E-state index contributed by atoms with van der Waals surface area (Å²) in [7, 11) is 0. The Hall–Kier alpha value is -6.79. The number of benzene rings is 9. The van der Waals surface area contributed by atoms with Crippen LogP contribution in [0.5, 0.6) is 23.0 Å². The van der Waals surface area contributed by atoms with Gasteiger partial charge in [0, 0.05) is 37.0 Å². The molecule has 13 rings (SSSR count). The van der Waals surface area contributed by atoms with Crippen LogP contribution in [0.15, 0.2) is 220 Å². The Morgan fingerprint density at radius 3 is 1.39 bits per heavy atom. The Bertz CT molecular complexity index is 3190. The van der Waals surface area contributed by atoms with Gasteiger partial charge in [-0.3, -0.25) is 0 Å². The van der Waals surface area contributed by atoms with E-state index in [-0.39, 0.29) is 13.4 Å². The molecule has 0 radical (unpaired) electrons. The monoisotopic (exact) mass is 813 g/mol. The smallest absolute Gasteiger partial charge is 0.253 e. The summed E-state index contributed by atoms with van der Waals surface area (Å²) in [6, 6.07) is 72.2. The summed E-state index contributed by atoms with van der Waals surface area (Å²) in [6.07, 6.45) is 0. The zero-order chi connectivity index (χ0) is 40.0. The number of hydrogen-bond donors (Lipinski definition) is 0. The van der Waals surface area contributed by atoms with Gasteiger partial charge in [0.15, 0.2) is 0 Å². The summed E-state index contributed by atoms with van der Waals surface area (Å²) < 4.78 is 13.8. The number of ether oxygens (including phenoxy) is 2. The highest BCUT2D eigenvalue weighted by Gasteiger charge is 2.44. The molecule has 284 valence electrons. The minimum absolute atomic E-state index is 0.0188. The van der Waals surface area contributed by atoms with Gasteiger partial charge in [0.25, 0.3) is 13.4 Å². The van der Waals surface area contributed by atoms with Crippen molar-refractivity contribution in [1.82, 2.24) is 0 Å². The molecule has 7 heteroatoms. The fourth-order valence-corrected chi connectivity index (χ4v) is 12.4. The molecule has 0 N–H and O–H groups in total. The summed E-state index contributed by atoms with van der Waals surface area (Å²) in [6.45, 7) is 0.0498. The van der Waals surface area contributed by atoms with Crippen molar-refractivity contribution in [3.8, 4) is 45.3 Å². The molecular weight excluding hydrogens is 780 g/mol. The van der Waals surface area contributed by atoms with Gasteiger partial charge in [-0.05, 0) is 105 Å². The number of nitrogens with zero attached hydrogens (tertiary/aromatic N) is 1. The Labute approximate surface area is 364 Å². The molecule has 9 aromatic rings. The van der Waals surface area contributed by atoms with Crippen LogP contribution in [0.4, 0.5) is 17.1 Å². The first-order chi connectivity index (χ1) is 30.2. The van der Waals surface area contributed by atoms with Crippen LogP contribution in [0.25, 0.3) is 22.3 Å². The first-order valence-corrected chi connectivity index (χ1v) is 22.3. The van der Waals surface area contributed by atoms with Gasteiger partial charge in [-0.2, -0.15) is 0 Å². The third kappa shape index (κ3) is 5.57. The van der Waals surface area contributed by atoms with Crippen LogP contribution in [0.1, 0.15) is 0 Å². The first-order valence-electron chi connectivity index (χ1n) is 20.7. The zero-order valence-corrected chi connectivity index (χ0v) is 34.4. The molecule has 4 aliphatic heterocycles. The van der Waals surface area contributed by atoms with Crippen molar-refractivity contribution >= 4 is 86.8 Å². The summed E-state index contributed by atoms with van der Waals surface area (Å²) in [5, 5.41) is 0. The Balaban J connectivity index is 0.996. The van der Waals surface area contributed by atoms with E-state index in [4.69, 9.17) is 9.47 Å². The van der Waals surface area contributed by atoms with Crippen LogP contribution in [0.2, 0.25) is 0 Å². The summed E-state index contributed by atoms with van der Waals surface area (Å²) in [5.41, 5.74) is 15.6. The van der Waals surface area contributed by atoms with Crippen LogP contribution >= 0.6 is 23.5 Å². The van der Waals surface area contributed by atoms with Crippen molar-refractivity contribution in [2.45, 2.75) is 19.6 Å². The zero-order valence-electron chi connectivity index (χ0n) is 32.8. The number of hydrogen-bond acceptors (Lipinski definition) is 5. The second-order valence-corrected chi connectivity index (χ2v) is 18.1. The Kier molecular flexibility index (Phi) is 7.97. The molecule has 0 amide bonds. The predicted molar refractivity (Wildman–Crippen MR) is 255 cm³/mol. The molecule has 9 aromatic carbocycles. The normalized spacial score (nSPS) is 13.3. The van der Waals surface area contributed by atoms with Crippen LogP contribution in [0.3, 0.4) is 0 Å². The van der Waals surface area contributed by atoms with Gasteiger partial charge >= 0.3 is 0 Å². The maximum atomic E-state index is 6.90. The molecule has 0 atom stereocenters. The topological polar surface area (TPSA) is 21.7 Å². The van der Waals surface area contributed by atoms with Crippen molar-refractivity contribution in [3.63, 3.8) is 0 Å². The lowest BCUT2D eigenvalue weighted by molar-refractivity contribution is 0.486. The molecule has 4 aliphatic rings. The number of fused-ring (bicyclic) bond motifs is 8. The molecule has 0 fully saturated rings. The highest BCUT2D eigenvalue weighted by atomic mass is 32.2. The summed E-state index contributed by atoms with van der Waals surface area (Å²) >= 11 is 3.74. The van der Waals surface area contributed by atoms with Gasteiger partial charge in [-0.25, -0.2) is 0 Å². The van der Waals surface area contributed by atoms with Gasteiger partial charge < -0.3 is 14.4 Å². The third-order valence-electron chi connectivity index (χ3n) is 12.5. The van der Waals surface area contributed by atoms with Crippen LogP contribution in [-0.2, 0) is 0 Å². The quantitative estimate of drug-likeness (QED) is 0.161. The average molecular weight is 814 g/mol. The fraction of sp³-hybridized carbons (Fsp3) is 0. The van der Waals surface area contributed by atoms with Crippen molar-refractivity contribution in [2.75, 3.05) is 4.90 Å². The fourth-order valence-electron chi connectivity index (χ4n) is 9.86. The second kappa shape index (κ2) is 13.9. The van der Waals surface area contributed by atoms with Crippen LogP contribution < -0.4 is 47.2 Å². The molecule has 61 heavy (non-hydrogen) atoms. The summed E-state index contributed by atoms with van der Waals surface area (Å²) in [5.74, 6) is 3.67. The maximum Gasteiger partial charge on any atom is 0.253 e. The molecule has 0 saturated heterocycles. The SMILES string of the molecule is c1ccc(-c2ccccc2-c2cc3c4c(c2)Sc2cc5c(cc2B4c2ccccc2O3)B2c3ccccc3Oc3cc(N(c4ccccc4)c4ccccc4)cc(c32)S5)cc1. The van der Waals surface area contributed by atoms with E-state index in [2.05, 4.69) is 205 Å². The van der Waals surface area contributed by atoms with Crippen LogP contribution in [-0.4, -0.2) is 13.4 Å². The van der Waals surface area contributed by atoms with E-state index in [1.807, 2.05) is 23.5 Å². The lowest BCUT2D eigenvalue weighted by Crippen LogP contribution is -2.62. The number of anilines is 3. The molecule has 3 nitrogen and oxygen atoms in total. The standard InChI is InChI=1S/C54H33B2NO2S2/c1-4-16-34(17-5-1)39-22-10-11-23-40(39)35-28-47-53-51(29-35)60-49-33-50-44(32-43(49)55(53)41-24-12-14-26-45(41)58-47)56-42-25-13-15-27-46(42)59-48-30-38(31-52(61-50)54(48)56)57(36-18-6-2-7-19-36)37-20-8-3-9-21-37/h1-33H. The van der Waals surface area contributed by atoms with E-state index in [0.29, 0.717) is 0 Å². The van der Waals surface area contributed by atoms with E-state index in [9.17, 15) is 0 Å². The van der Waals surface area contributed by atoms with Crippen molar-refractivity contribution < 1.29 is 9.47 Å². The maximum absolute atomic E-state index is 6.90. The number of para-hydroxylation sites is 4. The minimum atomic E-state index is 0.0188. The molecule has 0 unspecified atom stereocenters. The predicted octanol–water partition coefficient (Wildman–Crippen LogP) is 10.7. The van der Waals surface area contributed by atoms with E-state index in [1.165, 1.54) is 69.0 Å². The highest BCUT2D eigenvalue weighted by Crippen LogP contribution is 2.46. The second-order valence-electron chi connectivity index (χ2n) is 15.9. The van der Waals surface area contributed by atoms with E-state index >= 15 is 0 Å². The first kappa shape index (κ1) is 35.0. The van der Waals surface area contributed by atoms with Gasteiger partial charge in [0.2, 0.25) is 0 Å². The van der Waals surface area contributed by atoms with Crippen molar-refractivity contribution in [2.24, 2.45) is 0 Å². The van der Waals surface area contributed by atoms with E-state index < -0.39 is 0 Å². The lowest BCUT2D eigenvalue weighted by atomic mass is 9.32. The largest absolute Gasteiger partial charge is 0.458 e. The minimum Gasteiger partial charge on any atom is -0.458 e. The van der Waals surface area contributed by atoms with Gasteiger partial charge in [0.05, 0.1) is 5.69 Å². The van der Waals surface area contributed by atoms with Gasteiger partial charge in [0.1, 0.15) is 23.0 Å². The highest BCUT2D eigenvalue weighted by molar-refractivity contribution is 8.01. The number of rotatable bonds is 5. The summed E-state index contributed by atoms with van der Waals surface area (Å²) in [4.78, 5) is 7.36.